The summed E-state index contributed by atoms with van der Waals surface area (Å²) in [5, 5.41) is 3.76. The maximum Gasteiger partial charge on any atom is 0.0702 e. The van der Waals surface area contributed by atoms with Crippen LogP contribution in [0.1, 0.15) is 59.3 Å². The fourth-order valence-electron chi connectivity index (χ4n) is 3.28. The van der Waals surface area contributed by atoms with E-state index in [0.717, 1.165) is 25.7 Å². The van der Waals surface area contributed by atoms with Gasteiger partial charge in [0.05, 0.1) is 6.10 Å². The maximum atomic E-state index is 5.82. The van der Waals surface area contributed by atoms with Crippen molar-refractivity contribution in [2.24, 2.45) is 5.41 Å². The van der Waals surface area contributed by atoms with Gasteiger partial charge in [-0.05, 0) is 50.5 Å². The van der Waals surface area contributed by atoms with Gasteiger partial charge in [-0.1, -0.05) is 20.8 Å². The molecule has 0 aromatic heterocycles. The lowest BCUT2D eigenvalue weighted by Crippen LogP contribution is -2.46. The van der Waals surface area contributed by atoms with Crippen molar-refractivity contribution in [2.75, 3.05) is 32.8 Å². The lowest BCUT2D eigenvalue weighted by atomic mass is 9.81. The van der Waals surface area contributed by atoms with Crippen LogP contribution in [0.2, 0.25) is 0 Å². The Hall–Kier alpha value is -0.120. The van der Waals surface area contributed by atoms with Gasteiger partial charge in [-0.15, -0.1) is 0 Å². The van der Waals surface area contributed by atoms with Gasteiger partial charge in [-0.25, -0.2) is 0 Å². The van der Waals surface area contributed by atoms with E-state index in [2.05, 4.69) is 31.0 Å². The van der Waals surface area contributed by atoms with Crippen molar-refractivity contribution in [2.45, 2.75) is 71.4 Å². The minimum Gasteiger partial charge on any atom is -0.377 e. The number of ether oxygens (including phenoxy) is 1. The zero-order chi connectivity index (χ0) is 14.4. The molecular weight excluding hydrogens is 248 g/mol. The molecule has 2 fully saturated rings. The van der Waals surface area contributed by atoms with Gasteiger partial charge in [0, 0.05) is 32.3 Å². The maximum absolute atomic E-state index is 5.82. The van der Waals surface area contributed by atoms with E-state index in [-0.39, 0.29) is 0 Å². The van der Waals surface area contributed by atoms with Crippen LogP contribution >= 0.6 is 0 Å². The number of hydrogen-bond donors (Lipinski definition) is 1. The molecule has 1 saturated heterocycles. The first-order valence-corrected chi connectivity index (χ1v) is 8.78. The van der Waals surface area contributed by atoms with Crippen LogP contribution in [0, 0.1) is 5.41 Å². The highest BCUT2D eigenvalue weighted by Gasteiger charge is 2.32. The summed E-state index contributed by atoms with van der Waals surface area (Å²) in [6, 6.07) is 0.820. The third-order valence-corrected chi connectivity index (χ3v) is 5.34. The summed E-state index contributed by atoms with van der Waals surface area (Å²) >= 11 is 0. The predicted octanol–water partition coefficient (Wildman–Crippen LogP) is 3.05. The van der Waals surface area contributed by atoms with Crippen LogP contribution in [0.25, 0.3) is 0 Å². The highest BCUT2D eigenvalue weighted by molar-refractivity contribution is 4.89. The minimum absolute atomic E-state index is 0.442. The molecule has 20 heavy (non-hydrogen) atoms. The summed E-state index contributed by atoms with van der Waals surface area (Å²) < 4.78 is 5.82. The number of hydrogen-bond acceptors (Lipinski definition) is 3. The second kappa shape index (κ2) is 7.77. The normalized spacial score (nSPS) is 23.7. The molecule has 1 aliphatic carbocycles. The van der Waals surface area contributed by atoms with Crippen molar-refractivity contribution in [3.8, 4) is 0 Å². The third-order valence-electron chi connectivity index (χ3n) is 5.34. The molecule has 0 aromatic carbocycles. The molecule has 2 rings (SSSR count). The molecule has 3 nitrogen and oxygen atoms in total. The molecule has 118 valence electrons. The summed E-state index contributed by atoms with van der Waals surface area (Å²) in [4.78, 5) is 2.62. The summed E-state index contributed by atoms with van der Waals surface area (Å²) in [5.41, 5.74) is 0.442. The lowest BCUT2D eigenvalue weighted by molar-refractivity contribution is 0.0529. The zero-order valence-electron chi connectivity index (χ0n) is 13.8. The van der Waals surface area contributed by atoms with Gasteiger partial charge in [0.1, 0.15) is 0 Å². The molecule has 2 aliphatic rings. The monoisotopic (exact) mass is 282 g/mol. The van der Waals surface area contributed by atoms with E-state index in [1.54, 1.807) is 0 Å². The Morgan fingerprint density at radius 3 is 2.40 bits per heavy atom. The van der Waals surface area contributed by atoms with Crippen LogP contribution in [0.5, 0.6) is 0 Å². The van der Waals surface area contributed by atoms with Gasteiger partial charge in [-0.3, -0.25) is 0 Å². The van der Waals surface area contributed by atoms with E-state index in [4.69, 9.17) is 4.74 Å². The molecule has 1 heterocycles. The number of nitrogens with one attached hydrogen (secondary N) is 1. The minimum atomic E-state index is 0.442. The molecule has 3 heteroatoms. The van der Waals surface area contributed by atoms with Crippen molar-refractivity contribution < 1.29 is 4.74 Å². The predicted molar refractivity (Wildman–Crippen MR) is 85.1 cm³/mol. The molecule has 0 spiro atoms. The van der Waals surface area contributed by atoms with Crippen molar-refractivity contribution in [1.29, 1.82) is 0 Å². The average molecular weight is 282 g/mol. The fraction of sp³-hybridized carbons (Fsp3) is 1.00. The zero-order valence-corrected chi connectivity index (χ0v) is 13.8. The van der Waals surface area contributed by atoms with Crippen LogP contribution in [0.4, 0.5) is 0 Å². The van der Waals surface area contributed by atoms with Crippen molar-refractivity contribution in [3.63, 3.8) is 0 Å². The third kappa shape index (κ3) is 4.71. The summed E-state index contributed by atoms with van der Waals surface area (Å²) in [6.07, 6.45) is 8.29. The summed E-state index contributed by atoms with van der Waals surface area (Å²) in [6.45, 7) is 12.7. The van der Waals surface area contributed by atoms with Gasteiger partial charge >= 0.3 is 0 Å². The van der Waals surface area contributed by atoms with Gasteiger partial charge in [0.25, 0.3) is 0 Å². The van der Waals surface area contributed by atoms with Crippen LogP contribution < -0.4 is 5.32 Å². The Kier molecular flexibility index (Phi) is 6.31. The molecule has 0 amide bonds. The standard InChI is InChI=1S/C17H34N2O/c1-4-17(5-2,13-18-15-9-10-15)14-19(6-3)12-16-8-7-11-20-16/h15-16,18H,4-14H2,1-3H3. The number of nitrogens with zero attached hydrogens (tertiary/aromatic N) is 1. The smallest absolute Gasteiger partial charge is 0.0702 e. The van der Waals surface area contributed by atoms with Crippen LogP contribution in [-0.2, 0) is 4.74 Å². The van der Waals surface area contributed by atoms with E-state index < -0.39 is 0 Å². The first-order valence-electron chi connectivity index (χ1n) is 8.78. The molecule has 1 aliphatic heterocycles. The summed E-state index contributed by atoms with van der Waals surface area (Å²) in [7, 11) is 0. The van der Waals surface area contributed by atoms with Gasteiger partial charge < -0.3 is 15.0 Å². The molecule has 0 aromatic rings. The molecule has 1 atom stereocenters. The number of likely N-dealkylation sites (N-methyl/N-ethyl adjacent to an activating group) is 1. The Bertz CT molecular complexity index is 268. The molecule has 0 bridgehead atoms. The largest absolute Gasteiger partial charge is 0.377 e. The topological polar surface area (TPSA) is 24.5 Å². The Morgan fingerprint density at radius 1 is 1.15 bits per heavy atom. The van der Waals surface area contributed by atoms with E-state index in [0.29, 0.717) is 11.5 Å². The molecule has 1 N–H and O–H groups in total. The molecular formula is C17H34N2O. The molecule has 1 saturated carbocycles. The quantitative estimate of drug-likeness (QED) is 0.666. The van der Waals surface area contributed by atoms with Crippen molar-refractivity contribution in [1.82, 2.24) is 10.2 Å². The number of rotatable bonds is 10. The first-order chi connectivity index (χ1) is 9.71. The van der Waals surface area contributed by atoms with Crippen LogP contribution in [0.15, 0.2) is 0 Å². The van der Waals surface area contributed by atoms with E-state index in [1.165, 1.54) is 51.6 Å². The SMILES string of the molecule is CCN(CC1CCCO1)CC(CC)(CC)CNC1CC1. The van der Waals surface area contributed by atoms with E-state index in [1.807, 2.05) is 0 Å². The summed E-state index contributed by atoms with van der Waals surface area (Å²) in [5.74, 6) is 0. The highest BCUT2D eigenvalue weighted by Crippen LogP contribution is 2.29. The fourth-order valence-corrected chi connectivity index (χ4v) is 3.28. The van der Waals surface area contributed by atoms with Crippen molar-refractivity contribution >= 4 is 0 Å². The van der Waals surface area contributed by atoms with Gasteiger partial charge in [0.2, 0.25) is 0 Å². The Balaban J connectivity index is 1.85. The Labute approximate surface area is 125 Å². The first kappa shape index (κ1) is 16.3. The molecule has 0 radical (unpaired) electrons. The molecule has 1 unspecified atom stereocenters. The van der Waals surface area contributed by atoms with E-state index >= 15 is 0 Å². The van der Waals surface area contributed by atoms with E-state index in [9.17, 15) is 0 Å². The lowest BCUT2D eigenvalue weighted by Gasteiger charge is -2.38. The van der Waals surface area contributed by atoms with Crippen molar-refractivity contribution in [3.05, 3.63) is 0 Å². The second-order valence-corrected chi connectivity index (χ2v) is 6.83. The highest BCUT2D eigenvalue weighted by atomic mass is 16.5. The average Bonchev–Trinajstić information content (AvgIpc) is 3.18. The Morgan fingerprint density at radius 2 is 1.90 bits per heavy atom. The van der Waals surface area contributed by atoms with Crippen LogP contribution in [-0.4, -0.2) is 49.8 Å². The van der Waals surface area contributed by atoms with Gasteiger partial charge in [-0.2, -0.15) is 0 Å². The van der Waals surface area contributed by atoms with Gasteiger partial charge in [0.15, 0.2) is 0 Å². The second-order valence-electron chi connectivity index (χ2n) is 6.83. The van der Waals surface area contributed by atoms with Crippen LogP contribution in [0.3, 0.4) is 0 Å².